The van der Waals surface area contributed by atoms with Crippen molar-refractivity contribution < 1.29 is 9.50 Å². The molecular formula is C17H15ClFNO. The van der Waals surface area contributed by atoms with E-state index < -0.39 is 0 Å². The Labute approximate surface area is 127 Å². The SMILES string of the molecule is Cc1ccccc1Cn1c(Cl)c(CO)c2cc(F)ccc21. The molecule has 1 heterocycles. The lowest BCUT2D eigenvalue weighted by Crippen LogP contribution is -2.01. The summed E-state index contributed by atoms with van der Waals surface area (Å²) in [6.07, 6.45) is 0. The van der Waals surface area contributed by atoms with Crippen LogP contribution in [0.4, 0.5) is 4.39 Å². The van der Waals surface area contributed by atoms with Gasteiger partial charge in [0.1, 0.15) is 11.0 Å². The molecule has 108 valence electrons. The van der Waals surface area contributed by atoms with Crippen molar-refractivity contribution in [3.63, 3.8) is 0 Å². The third kappa shape index (κ3) is 2.43. The van der Waals surface area contributed by atoms with Crippen LogP contribution in [0, 0.1) is 12.7 Å². The summed E-state index contributed by atoms with van der Waals surface area (Å²) in [6.45, 7) is 2.43. The molecule has 2 aromatic carbocycles. The molecule has 0 saturated heterocycles. The number of fused-ring (bicyclic) bond motifs is 1. The van der Waals surface area contributed by atoms with Gasteiger partial charge in [0.05, 0.1) is 12.1 Å². The topological polar surface area (TPSA) is 25.2 Å². The van der Waals surface area contributed by atoms with Crippen LogP contribution in [0.15, 0.2) is 42.5 Å². The first-order valence-corrected chi connectivity index (χ1v) is 7.11. The van der Waals surface area contributed by atoms with Gasteiger partial charge in [-0.25, -0.2) is 4.39 Å². The number of hydrogen-bond acceptors (Lipinski definition) is 1. The normalized spacial score (nSPS) is 11.2. The summed E-state index contributed by atoms with van der Waals surface area (Å²) in [6, 6.07) is 12.6. The minimum absolute atomic E-state index is 0.209. The summed E-state index contributed by atoms with van der Waals surface area (Å²) >= 11 is 6.39. The minimum Gasteiger partial charge on any atom is -0.392 e. The Bertz CT molecular complexity index is 810. The van der Waals surface area contributed by atoms with E-state index in [1.807, 2.05) is 35.8 Å². The maximum absolute atomic E-state index is 13.5. The Balaban J connectivity index is 2.19. The Kier molecular flexibility index (Phi) is 3.70. The number of benzene rings is 2. The van der Waals surface area contributed by atoms with Crippen molar-refractivity contribution in [2.24, 2.45) is 0 Å². The molecule has 0 amide bonds. The minimum atomic E-state index is -0.332. The van der Waals surface area contributed by atoms with Crippen molar-refractivity contribution in [2.45, 2.75) is 20.1 Å². The fraction of sp³-hybridized carbons (Fsp3) is 0.176. The van der Waals surface area contributed by atoms with Crippen molar-refractivity contribution in [1.29, 1.82) is 0 Å². The Morgan fingerprint density at radius 3 is 2.67 bits per heavy atom. The molecule has 2 nitrogen and oxygen atoms in total. The Morgan fingerprint density at radius 2 is 1.95 bits per heavy atom. The van der Waals surface area contributed by atoms with Crippen LogP contribution in [-0.4, -0.2) is 9.67 Å². The quantitative estimate of drug-likeness (QED) is 0.767. The molecule has 1 N–H and O–H groups in total. The molecule has 21 heavy (non-hydrogen) atoms. The summed E-state index contributed by atoms with van der Waals surface area (Å²) in [7, 11) is 0. The van der Waals surface area contributed by atoms with E-state index in [2.05, 4.69) is 0 Å². The average molecular weight is 304 g/mol. The van der Waals surface area contributed by atoms with Crippen LogP contribution in [0.25, 0.3) is 10.9 Å². The fourth-order valence-corrected chi connectivity index (χ4v) is 2.94. The molecular weight excluding hydrogens is 289 g/mol. The highest BCUT2D eigenvalue weighted by Gasteiger charge is 2.16. The molecule has 0 spiro atoms. The Hall–Kier alpha value is -1.84. The van der Waals surface area contributed by atoms with E-state index in [-0.39, 0.29) is 12.4 Å². The molecule has 0 radical (unpaired) electrons. The van der Waals surface area contributed by atoms with Crippen LogP contribution < -0.4 is 0 Å². The summed E-state index contributed by atoms with van der Waals surface area (Å²) < 4.78 is 15.4. The molecule has 1 aromatic heterocycles. The van der Waals surface area contributed by atoms with Crippen LogP contribution in [0.2, 0.25) is 5.15 Å². The number of aliphatic hydroxyl groups is 1. The smallest absolute Gasteiger partial charge is 0.123 e. The number of aliphatic hydroxyl groups excluding tert-OH is 1. The molecule has 0 fully saturated rings. The van der Waals surface area contributed by atoms with Gasteiger partial charge in [-0.3, -0.25) is 0 Å². The van der Waals surface area contributed by atoms with Crippen LogP contribution in [-0.2, 0) is 13.2 Å². The largest absolute Gasteiger partial charge is 0.392 e. The van der Waals surface area contributed by atoms with Crippen LogP contribution >= 0.6 is 11.6 Å². The number of hydrogen-bond donors (Lipinski definition) is 1. The lowest BCUT2D eigenvalue weighted by Gasteiger charge is -2.10. The van der Waals surface area contributed by atoms with Crippen molar-refractivity contribution in [3.05, 3.63) is 70.1 Å². The molecule has 3 aromatic rings. The lowest BCUT2D eigenvalue weighted by molar-refractivity contribution is 0.283. The third-order valence-corrected chi connectivity index (χ3v) is 4.24. The summed E-state index contributed by atoms with van der Waals surface area (Å²) in [5, 5.41) is 10.6. The highest BCUT2D eigenvalue weighted by atomic mass is 35.5. The second kappa shape index (κ2) is 5.51. The van der Waals surface area contributed by atoms with Crippen molar-refractivity contribution in [3.8, 4) is 0 Å². The number of aromatic nitrogens is 1. The molecule has 0 atom stereocenters. The summed E-state index contributed by atoms with van der Waals surface area (Å²) in [4.78, 5) is 0. The van der Waals surface area contributed by atoms with E-state index in [1.54, 1.807) is 6.07 Å². The van der Waals surface area contributed by atoms with Gasteiger partial charge in [-0.05, 0) is 36.2 Å². The van der Waals surface area contributed by atoms with Gasteiger partial charge in [-0.15, -0.1) is 0 Å². The van der Waals surface area contributed by atoms with E-state index in [9.17, 15) is 9.50 Å². The van der Waals surface area contributed by atoms with Gasteiger partial charge in [0.15, 0.2) is 0 Å². The van der Waals surface area contributed by atoms with Crippen molar-refractivity contribution >= 4 is 22.5 Å². The third-order valence-electron chi connectivity index (χ3n) is 3.81. The second-order valence-electron chi connectivity index (χ2n) is 5.10. The maximum Gasteiger partial charge on any atom is 0.123 e. The van der Waals surface area contributed by atoms with E-state index in [4.69, 9.17) is 11.6 Å². The van der Waals surface area contributed by atoms with E-state index in [1.165, 1.54) is 17.7 Å². The van der Waals surface area contributed by atoms with Gasteiger partial charge in [-0.1, -0.05) is 35.9 Å². The van der Waals surface area contributed by atoms with E-state index in [0.29, 0.717) is 22.6 Å². The highest BCUT2D eigenvalue weighted by Crippen LogP contribution is 2.31. The van der Waals surface area contributed by atoms with Gasteiger partial charge in [0, 0.05) is 17.5 Å². The van der Waals surface area contributed by atoms with E-state index >= 15 is 0 Å². The number of rotatable bonds is 3. The predicted octanol–water partition coefficient (Wildman–Crippen LogP) is 4.28. The molecule has 0 saturated carbocycles. The Morgan fingerprint density at radius 1 is 1.19 bits per heavy atom. The number of aryl methyl sites for hydroxylation is 1. The van der Waals surface area contributed by atoms with Crippen molar-refractivity contribution in [2.75, 3.05) is 0 Å². The zero-order valence-electron chi connectivity index (χ0n) is 11.6. The van der Waals surface area contributed by atoms with Gasteiger partial charge >= 0.3 is 0 Å². The summed E-state index contributed by atoms with van der Waals surface area (Å²) in [5.74, 6) is -0.332. The lowest BCUT2D eigenvalue weighted by atomic mass is 10.1. The molecule has 3 rings (SSSR count). The van der Waals surface area contributed by atoms with Gasteiger partial charge in [0.25, 0.3) is 0 Å². The fourth-order valence-electron chi connectivity index (χ4n) is 2.63. The average Bonchev–Trinajstić information content (AvgIpc) is 2.73. The predicted molar refractivity (Wildman–Crippen MR) is 83.1 cm³/mol. The van der Waals surface area contributed by atoms with Gasteiger partial charge in [-0.2, -0.15) is 0 Å². The first-order chi connectivity index (χ1) is 10.1. The standard InChI is InChI=1S/C17H15ClFNO/c1-11-4-2-3-5-12(11)9-20-16-7-6-13(19)8-14(16)15(10-21)17(20)18/h2-8,21H,9-10H2,1H3. The van der Waals surface area contributed by atoms with Gasteiger partial charge < -0.3 is 9.67 Å². The zero-order chi connectivity index (χ0) is 15.0. The maximum atomic E-state index is 13.5. The molecule has 0 aliphatic carbocycles. The molecule has 4 heteroatoms. The second-order valence-corrected chi connectivity index (χ2v) is 5.46. The molecule has 0 aliphatic heterocycles. The number of nitrogens with zero attached hydrogens (tertiary/aromatic N) is 1. The first kappa shape index (κ1) is 14.1. The first-order valence-electron chi connectivity index (χ1n) is 6.73. The van der Waals surface area contributed by atoms with Crippen LogP contribution in [0.3, 0.4) is 0 Å². The van der Waals surface area contributed by atoms with Crippen LogP contribution in [0.5, 0.6) is 0 Å². The number of halogens is 2. The van der Waals surface area contributed by atoms with Crippen molar-refractivity contribution in [1.82, 2.24) is 4.57 Å². The molecule has 0 aliphatic rings. The molecule has 0 bridgehead atoms. The highest BCUT2D eigenvalue weighted by molar-refractivity contribution is 6.32. The van der Waals surface area contributed by atoms with Crippen LogP contribution in [0.1, 0.15) is 16.7 Å². The zero-order valence-corrected chi connectivity index (χ0v) is 12.4. The molecule has 0 unspecified atom stereocenters. The van der Waals surface area contributed by atoms with E-state index in [0.717, 1.165) is 11.1 Å². The van der Waals surface area contributed by atoms with Gasteiger partial charge in [0.2, 0.25) is 0 Å². The summed E-state index contributed by atoms with van der Waals surface area (Å²) in [5.41, 5.74) is 3.71. The monoisotopic (exact) mass is 303 g/mol.